The Morgan fingerprint density at radius 2 is 2.40 bits per heavy atom. The molecule has 1 amide bonds. The molecule has 10 heavy (non-hydrogen) atoms. The van der Waals surface area contributed by atoms with Crippen LogP contribution >= 0.6 is 0 Å². The molecule has 2 saturated heterocycles. The average molecular weight is 141 g/mol. The number of amides is 1. The molecule has 0 aliphatic carbocycles. The highest BCUT2D eigenvalue weighted by atomic mass is 16.6. The minimum atomic E-state index is -0.107. The molecule has 0 bridgehead atoms. The van der Waals surface area contributed by atoms with Crippen LogP contribution in [0.2, 0.25) is 0 Å². The van der Waals surface area contributed by atoms with Crippen molar-refractivity contribution in [3.63, 3.8) is 0 Å². The Balaban J connectivity index is 2.08. The number of carbonyl (C=O) groups is 1. The Labute approximate surface area is 60.0 Å². The van der Waals surface area contributed by atoms with Gasteiger partial charge in [0.1, 0.15) is 6.61 Å². The molecular weight excluding hydrogens is 130 g/mol. The van der Waals surface area contributed by atoms with Crippen molar-refractivity contribution >= 4 is 6.09 Å². The molecule has 2 rings (SSSR count). The Kier molecular flexibility index (Phi) is 1.29. The second-order valence-corrected chi connectivity index (χ2v) is 2.92. The fourth-order valence-corrected chi connectivity index (χ4v) is 1.66. The van der Waals surface area contributed by atoms with E-state index in [0.29, 0.717) is 12.6 Å². The Morgan fingerprint density at radius 1 is 1.50 bits per heavy atom. The van der Waals surface area contributed by atoms with Gasteiger partial charge in [0.15, 0.2) is 0 Å². The van der Waals surface area contributed by atoms with Crippen molar-refractivity contribution < 1.29 is 9.53 Å². The monoisotopic (exact) mass is 141 g/mol. The summed E-state index contributed by atoms with van der Waals surface area (Å²) >= 11 is 0. The largest absolute Gasteiger partial charge is 0.447 e. The molecule has 2 aliphatic rings. The number of cyclic esters (lactones) is 1. The molecular formula is C7H11NO2. The fourth-order valence-electron chi connectivity index (χ4n) is 1.66. The molecule has 0 N–H and O–H groups in total. The molecule has 3 heteroatoms. The lowest BCUT2D eigenvalue weighted by Gasteiger charge is -2.25. The molecule has 56 valence electrons. The molecule has 2 heterocycles. The van der Waals surface area contributed by atoms with Gasteiger partial charge in [-0.15, -0.1) is 0 Å². The summed E-state index contributed by atoms with van der Waals surface area (Å²) in [6.45, 7) is 1.53. The van der Waals surface area contributed by atoms with Gasteiger partial charge < -0.3 is 9.64 Å². The second kappa shape index (κ2) is 2.15. The van der Waals surface area contributed by atoms with Gasteiger partial charge in [-0.3, -0.25) is 0 Å². The van der Waals surface area contributed by atoms with Crippen LogP contribution in [0.1, 0.15) is 19.3 Å². The second-order valence-electron chi connectivity index (χ2n) is 2.92. The summed E-state index contributed by atoms with van der Waals surface area (Å²) in [6, 6.07) is 0.404. The number of fused-ring (bicyclic) bond motifs is 1. The third-order valence-corrected chi connectivity index (χ3v) is 2.26. The van der Waals surface area contributed by atoms with E-state index in [9.17, 15) is 4.79 Å². The minimum Gasteiger partial charge on any atom is -0.447 e. The zero-order chi connectivity index (χ0) is 6.97. The summed E-state index contributed by atoms with van der Waals surface area (Å²) in [5, 5.41) is 0. The van der Waals surface area contributed by atoms with E-state index in [2.05, 4.69) is 0 Å². The number of ether oxygens (including phenoxy) is 1. The van der Waals surface area contributed by atoms with Crippen LogP contribution < -0.4 is 0 Å². The minimum absolute atomic E-state index is 0.107. The number of piperidine rings is 1. The van der Waals surface area contributed by atoms with E-state index in [0.717, 1.165) is 19.4 Å². The first-order valence-corrected chi connectivity index (χ1v) is 3.81. The van der Waals surface area contributed by atoms with Crippen molar-refractivity contribution in [3.05, 3.63) is 0 Å². The lowest BCUT2D eigenvalue weighted by atomic mass is 10.0. The van der Waals surface area contributed by atoms with E-state index < -0.39 is 0 Å². The first-order chi connectivity index (χ1) is 4.88. The topological polar surface area (TPSA) is 29.5 Å². The molecule has 0 radical (unpaired) electrons. The maximum atomic E-state index is 10.9. The zero-order valence-corrected chi connectivity index (χ0v) is 5.88. The molecule has 0 spiro atoms. The highest BCUT2D eigenvalue weighted by molar-refractivity contribution is 5.70. The predicted octanol–water partition coefficient (Wildman–Crippen LogP) is 0.991. The van der Waals surface area contributed by atoms with Gasteiger partial charge in [0.25, 0.3) is 0 Å². The number of carbonyl (C=O) groups excluding carboxylic acids is 1. The van der Waals surface area contributed by atoms with E-state index in [1.54, 1.807) is 0 Å². The molecule has 0 unspecified atom stereocenters. The lowest BCUT2D eigenvalue weighted by Crippen LogP contribution is -2.37. The van der Waals surface area contributed by atoms with Crippen LogP contribution in [0.4, 0.5) is 4.79 Å². The van der Waals surface area contributed by atoms with Crippen LogP contribution in [0.15, 0.2) is 0 Å². The van der Waals surface area contributed by atoms with Crippen molar-refractivity contribution in [1.29, 1.82) is 0 Å². The fraction of sp³-hybridized carbons (Fsp3) is 0.857. The number of rotatable bonds is 0. The van der Waals surface area contributed by atoms with Crippen LogP contribution in [-0.4, -0.2) is 30.2 Å². The van der Waals surface area contributed by atoms with Gasteiger partial charge in [-0.2, -0.15) is 0 Å². The Morgan fingerprint density at radius 3 is 3.20 bits per heavy atom. The number of nitrogens with zero attached hydrogens (tertiary/aromatic N) is 1. The van der Waals surface area contributed by atoms with Gasteiger partial charge in [-0.25, -0.2) is 4.79 Å². The maximum Gasteiger partial charge on any atom is 0.410 e. The molecule has 0 aromatic carbocycles. The van der Waals surface area contributed by atoms with Gasteiger partial charge in [0.05, 0.1) is 6.04 Å². The standard InChI is InChI=1S/C7H11NO2/c9-7-8-4-2-1-3-6(8)5-10-7/h6H,1-5H2/t6-/m1/s1. The van der Waals surface area contributed by atoms with Gasteiger partial charge in [0, 0.05) is 6.54 Å². The molecule has 0 saturated carbocycles. The average Bonchev–Trinajstić information content (AvgIpc) is 2.34. The van der Waals surface area contributed by atoms with Gasteiger partial charge >= 0.3 is 6.09 Å². The van der Waals surface area contributed by atoms with E-state index >= 15 is 0 Å². The summed E-state index contributed by atoms with van der Waals surface area (Å²) in [6.07, 6.45) is 3.42. The Hall–Kier alpha value is -0.730. The van der Waals surface area contributed by atoms with E-state index in [1.807, 2.05) is 4.90 Å². The molecule has 0 aromatic rings. The molecule has 2 fully saturated rings. The normalized spacial score (nSPS) is 31.8. The predicted molar refractivity (Wildman–Crippen MR) is 35.7 cm³/mol. The van der Waals surface area contributed by atoms with Crippen molar-refractivity contribution in [2.75, 3.05) is 13.2 Å². The van der Waals surface area contributed by atoms with Crippen molar-refractivity contribution in [3.8, 4) is 0 Å². The lowest BCUT2D eigenvalue weighted by molar-refractivity contribution is 0.154. The van der Waals surface area contributed by atoms with E-state index in [1.165, 1.54) is 6.42 Å². The quantitative estimate of drug-likeness (QED) is 0.503. The summed E-state index contributed by atoms with van der Waals surface area (Å²) < 4.78 is 4.89. The summed E-state index contributed by atoms with van der Waals surface area (Å²) in [5.74, 6) is 0. The maximum absolute atomic E-state index is 10.9. The van der Waals surface area contributed by atoms with Crippen LogP contribution in [0.25, 0.3) is 0 Å². The molecule has 3 nitrogen and oxygen atoms in total. The van der Waals surface area contributed by atoms with Crippen LogP contribution in [0.3, 0.4) is 0 Å². The van der Waals surface area contributed by atoms with Crippen LogP contribution in [-0.2, 0) is 4.74 Å². The van der Waals surface area contributed by atoms with E-state index in [4.69, 9.17) is 4.74 Å². The van der Waals surface area contributed by atoms with Crippen molar-refractivity contribution in [1.82, 2.24) is 4.90 Å². The molecule has 0 aromatic heterocycles. The van der Waals surface area contributed by atoms with Crippen molar-refractivity contribution in [2.24, 2.45) is 0 Å². The van der Waals surface area contributed by atoms with E-state index in [-0.39, 0.29) is 6.09 Å². The summed E-state index contributed by atoms with van der Waals surface area (Å²) in [4.78, 5) is 12.8. The first-order valence-electron chi connectivity index (χ1n) is 3.81. The van der Waals surface area contributed by atoms with Gasteiger partial charge in [0.2, 0.25) is 0 Å². The summed E-state index contributed by atoms with van der Waals surface area (Å²) in [7, 11) is 0. The summed E-state index contributed by atoms with van der Waals surface area (Å²) in [5.41, 5.74) is 0. The first kappa shape index (κ1) is 6.01. The highest BCUT2D eigenvalue weighted by Gasteiger charge is 2.34. The van der Waals surface area contributed by atoms with Gasteiger partial charge in [-0.05, 0) is 19.3 Å². The van der Waals surface area contributed by atoms with Gasteiger partial charge in [-0.1, -0.05) is 0 Å². The number of hydrogen-bond acceptors (Lipinski definition) is 2. The third-order valence-electron chi connectivity index (χ3n) is 2.26. The number of hydrogen-bond donors (Lipinski definition) is 0. The smallest absolute Gasteiger partial charge is 0.410 e. The SMILES string of the molecule is O=C1OC[C@H]2CCCCN12. The van der Waals surface area contributed by atoms with Crippen LogP contribution in [0.5, 0.6) is 0 Å². The third kappa shape index (κ3) is 0.770. The van der Waals surface area contributed by atoms with Crippen molar-refractivity contribution in [2.45, 2.75) is 25.3 Å². The zero-order valence-electron chi connectivity index (χ0n) is 5.88. The molecule has 2 aliphatic heterocycles. The highest BCUT2D eigenvalue weighted by Crippen LogP contribution is 2.22. The van der Waals surface area contributed by atoms with Crippen LogP contribution in [0, 0.1) is 0 Å². The Bertz CT molecular complexity index is 158. The molecule has 1 atom stereocenters.